The quantitative estimate of drug-likeness (QED) is 0.843. The fourth-order valence-electron chi connectivity index (χ4n) is 1.92. The SMILES string of the molecule is COC(=O)c1[nH]c(=O)n(C)c1-c1ccccc1OC. The lowest BCUT2D eigenvalue weighted by atomic mass is 10.1. The number of carbonyl (C=O) groups excluding carboxylic acids is 1. The molecule has 1 aromatic carbocycles. The number of aromatic nitrogens is 2. The first kappa shape index (κ1) is 12.9. The number of nitrogens with one attached hydrogen (secondary N) is 1. The van der Waals surface area contributed by atoms with Crippen molar-refractivity contribution in [3.8, 4) is 17.0 Å². The highest BCUT2D eigenvalue weighted by atomic mass is 16.5. The molecule has 0 unspecified atom stereocenters. The molecule has 0 aliphatic rings. The first-order valence-corrected chi connectivity index (χ1v) is 5.60. The first-order valence-electron chi connectivity index (χ1n) is 5.60. The van der Waals surface area contributed by atoms with Gasteiger partial charge in [-0.2, -0.15) is 0 Å². The second-order valence-electron chi connectivity index (χ2n) is 3.90. The highest BCUT2D eigenvalue weighted by molar-refractivity contribution is 5.95. The Labute approximate surface area is 109 Å². The summed E-state index contributed by atoms with van der Waals surface area (Å²) in [6.45, 7) is 0. The number of carbonyl (C=O) groups is 1. The van der Waals surface area contributed by atoms with Crippen LogP contribution in [0.25, 0.3) is 11.3 Å². The molecule has 0 radical (unpaired) electrons. The van der Waals surface area contributed by atoms with E-state index < -0.39 is 5.97 Å². The predicted molar refractivity (Wildman–Crippen MR) is 69.4 cm³/mol. The number of imidazole rings is 1. The molecule has 0 saturated heterocycles. The van der Waals surface area contributed by atoms with Gasteiger partial charge in [0.2, 0.25) is 0 Å². The zero-order valence-corrected chi connectivity index (χ0v) is 10.9. The fourth-order valence-corrected chi connectivity index (χ4v) is 1.92. The van der Waals surface area contributed by atoms with Gasteiger partial charge in [0.15, 0.2) is 5.69 Å². The van der Waals surface area contributed by atoms with Gasteiger partial charge in [-0.25, -0.2) is 9.59 Å². The van der Waals surface area contributed by atoms with Crippen LogP contribution in [0, 0.1) is 0 Å². The Morgan fingerprint density at radius 2 is 1.95 bits per heavy atom. The van der Waals surface area contributed by atoms with Gasteiger partial charge in [0, 0.05) is 12.6 Å². The molecule has 19 heavy (non-hydrogen) atoms. The van der Waals surface area contributed by atoms with E-state index in [0.29, 0.717) is 17.0 Å². The van der Waals surface area contributed by atoms with Crippen LogP contribution < -0.4 is 10.4 Å². The average Bonchev–Trinajstić information content (AvgIpc) is 2.74. The third-order valence-electron chi connectivity index (χ3n) is 2.86. The van der Waals surface area contributed by atoms with Gasteiger partial charge < -0.3 is 9.47 Å². The van der Waals surface area contributed by atoms with E-state index in [-0.39, 0.29) is 11.4 Å². The summed E-state index contributed by atoms with van der Waals surface area (Å²) >= 11 is 0. The monoisotopic (exact) mass is 262 g/mol. The van der Waals surface area contributed by atoms with Crippen LogP contribution in [0.5, 0.6) is 5.75 Å². The molecule has 0 atom stereocenters. The van der Waals surface area contributed by atoms with Crippen LogP contribution in [-0.4, -0.2) is 29.7 Å². The number of methoxy groups -OCH3 is 2. The maximum atomic E-state index is 11.7. The Bertz CT molecular complexity index is 670. The minimum Gasteiger partial charge on any atom is -0.496 e. The van der Waals surface area contributed by atoms with Crippen molar-refractivity contribution in [3.63, 3.8) is 0 Å². The number of para-hydroxylation sites is 1. The normalized spacial score (nSPS) is 10.3. The topological polar surface area (TPSA) is 73.3 Å². The number of H-pyrrole nitrogens is 1. The molecule has 0 fully saturated rings. The van der Waals surface area contributed by atoms with Crippen molar-refractivity contribution in [2.75, 3.05) is 14.2 Å². The second-order valence-corrected chi connectivity index (χ2v) is 3.90. The molecule has 0 amide bonds. The van der Waals surface area contributed by atoms with E-state index in [9.17, 15) is 9.59 Å². The minimum atomic E-state index is -0.599. The third-order valence-corrected chi connectivity index (χ3v) is 2.86. The molecule has 0 bridgehead atoms. The summed E-state index contributed by atoms with van der Waals surface area (Å²) in [6, 6.07) is 7.14. The van der Waals surface area contributed by atoms with Gasteiger partial charge in [-0.1, -0.05) is 12.1 Å². The Hall–Kier alpha value is -2.50. The molecule has 0 aliphatic heterocycles. The molecule has 1 N–H and O–H groups in total. The van der Waals surface area contributed by atoms with Crippen molar-refractivity contribution in [1.82, 2.24) is 9.55 Å². The molecule has 0 saturated carbocycles. The summed E-state index contributed by atoms with van der Waals surface area (Å²) in [4.78, 5) is 25.9. The van der Waals surface area contributed by atoms with Gasteiger partial charge in [0.05, 0.1) is 19.9 Å². The standard InChI is InChI=1S/C13H14N2O4/c1-15-11(8-6-4-5-7-9(8)18-2)10(12(16)19-3)14-13(15)17/h4-7H,1-3H3,(H,14,17). The highest BCUT2D eigenvalue weighted by Crippen LogP contribution is 2.30. The number of ether oxygens (including phenoxy) is 2. The van der Waals surface area contributed by atoms with Gasteiger partial charge in [-0.05, 0) is 12.1 Å². The Morgan fingerprint density at radius 1 is 1.26 bits per heavy atom. The van der Waals surface area contributed by atoms with Gasteiger partial charge in [0.25, 0.3) is 0 Å². The Morgan fingerprint density at radius 3 is 2.58 bits per heavy atom. The largest absolute Gasteiger partial charge is 0.496 e. The van der Waals surface area contributed by atoms with Crippen LogP contribution in [0.15, 0.2) is 29.1 Å². The molecular weight excluding hydrogens is 248 g/mol. The maximum Gasteiger partial charge on any atom is 0.356 e. The number of hydrogen-bond donors (Lipinski definition) is 1. The van der Waals surface area contributed by atoms with Crippen LogP contribution in [-0.2, 0) is 11.8 Å². The Kier molecular flexibility index (Phi) is 3.41. The van der Waals surface area contributed by atoms with Crippen LogP contribution in [0.2, 0.25) is 0 Å². The Balaban J connectivity index is 2.74. The lowest BCUT2D eigenvalue weighted by Gasteiger charge is -2.09. The van der Waals surface area contributed by atoms with E-state index in [2.05, 4.69) is 9.72 Å². The van der Waals surface area contributed by atoms with E-state index in [1.54, 1.807) is 25.2 Å². The van der Waals surface area contributed by atoms with E-state index in [0.717, 1.165) is 0 Å². The summed E-state index contributed by atoms with van der Waals surface area (Å²) in [5.74, 6) is -0.0270. The van der Waals surface area contributed by atoms with Crippen LogP contribution in [0.3, 0.4) is 0 Å². The lowest BCUT2D eigenvalue weighted by Crippen LogP contribution is -2.13. The van der Waals surface area contributed by atoms with Crippen molar-refractivity contribution < 1.29 is 14.3 Å². The number of nitrogens with zero attached hydrogens (tertiary/aromatic N) is 1. The molecule has 1 aromatic heterocycles. The van der Waals surface area contributed by atoms with Gasteiger partial charge >= 0.3 is 11.7 Å². The summed E-state index contributed by atoms with van der Waals surface area (Å²) in [5, 5.41) is 0. The molecule has 2 rings (SSSR count). The molecule has 0 aliphatic carbocycles. The first-order chi connectivity index (χ1) is 9.10. The third kappa shape index (κ3) is 2.12. The van der Waals surface area contributed by atoms with Crippen molar-refractivity contribution in [3.05, 3.63) is 40.4 Å². The highest BCUT2D eigenvalue weighted by Gasteiger charge is 2.22. The smallest absolute Gasteiger partial charge is 0.356 e. The predicted octanol–water partition coefficient (Wildman–Crippen LogP) is 1.18. The maximum absolute atomic E-state index is 11.7. The van der Waals surface area contributed by atoms with Crippen molar-refractivity contribution in [1.29, 1.82) is 0 Å². The van der Waals surface area contributed by atoms with Crippen molar-refractivity contribution in [2.45, 2.75) is 0 Å². The van der Waals surface area contributed by atoms with Crippen LogP contribution in [0.4, 0.5) is 0 Å². The molecule has 6 nitrogen and oxygen atoms in total. The fraction of sp³-hybridized carbons (Fsp3) is 0.231. The van der Waals surface area contributed by atoms with Gasteiger partial charge in [-0.15, -0.1) is 0 Å². The van der Waals surface area contributed by atoms with Crippen LogP contribution in [0.1, 0.15) is 10.5 Å². The zero-order valence-electron chi connectivity index (χ0n) is 10.9. The van der Waals surface area contributed by atoms with E-state index in [4.69, 9.17) is 4.74 Å². The zero-order chi connectivity index (χ0) is 14.0. The summed E-state index contributed by atoms with van der Waals surface area (Å²) in [5.41, 5.74) is 0.807. The number of rotatable bonds is 3. The molecule has 6 heteroatoms. The average molecular weight is 262 g/mol. The minimum absolute atomic E-state index is 0.111. The van der Waals surface area contributed by atoms with E-state index in [1.807, 2.05) is 6.07 Å². The summed E-state index contributed by atoms with van der Waals surface area (Å²) in [7, 11) is 4.37. The number of hydrogen-bond acceptors (Lipinski definition) is 4. The lowest BCUT2D eigenvalue weighted by molar-refractivity contribution is 0.0595. The summed E-state index contributed by atoms with van der Waals surface area (Å²) < 4.78 is 11.3. The summed E-state index contributed by atoms with van der Waals surface area (Å²) in [6.07, 6.45) is 0. The van der Waals surface area contributed by atoms with Crippen molar-refractivity contribution >= 4 is 5.97 Å². The van der Waals surface area contributed by atoms with Gasteiger partial charge in [-0.3, -0.25) is 9.55 Å². The molecule has 1 heterocycles. The number of aromatic amines is 1. The molecule has 100 valence electrons. The molecular formula is C13H14N2O4. The molecule has 2 aromatic rings. The number of esters is 1. The van der Waals surface area contributed by atoms with Crippen LogP contribution >= 0.6 is 0 Å². The molecule has 0 spiro atoms. The number of benzene rings is 1. The van der Waals surface area contributed by atoms with E-state index in [1.165, 1.54) is 18.8 Å². The van der Waals surface area contributed by atoms with Crippen molar-refractivity contribution in [2.24, 2.45) is 7.05 Å². The second kappa shape index (κ2) is 5.01. The van der Waals surface area contributed by atoms with E-state index >= 15 is 0 Å². The van der Waals surface area contributed by atoms with Gasteiger partial charge in [0.1, 0.15) is 5.75 Å².